The second-order valence-corrected chi connectivity index (χ2v) is 7.23. The maximum absolute atomic E-state index is 12.7. The maximum atomic E-state index is 12.7. The van der Waals surface area contributed by atoms with E-state index in [4.69, 9.17) is 4.74 Å². The molecule has 0 aromatic heterocycles. The van der Waals surface area contributed by atoms with Gasteiger partial charge in [0, 0.05) is 19.0 Å². The largest absolute Gasteiger partial charge is 0.445 e. The van der Waals surface area contributed by atoms with Crippen LogP contribution in [0.2, 0.25) is 0 Å². The smallest absolute Gasteiger partial charge is 0.410 e. The molecule has 1 aromatic carbocycles. The zero-order valence-electron chi connectivity index (χ0n) is 16.9. The van der Waals surface area contributed by atoms with Crippen LogP contribution >= 0.6 is 0 Å². The highest BCUT2D eigenvalue weighted by molar-refractivity contribution is 5.95. The number of Topliss-reactive ketones (excluding diaryl/α,β-unsaturated/α-hetero) is 1. The SMILES string of the molecule is CCCC(=O)/C(=C/[C@H](CC)[C@H]1CCCN1C(=O)OCc1ccccc1)CC. The van der Waals surface area contributed by atoms with Crippen molar-refractivity contribution in [3.63, 3.8) is 0 Å². The van der Waals surface area contributed by atoms with Crippen LogP contribution in [0, 0.1) is 5.92 Å². The number of likely N-dealkylation sites (tertiary alicyclic amines) is 1. The molecule has 0 aliphatic carbocycles. The Morgan fingerprint density at radius 1 is 1.22 bits per heavy atom. The highest BCUT2D eigenvalue weighted by Gasteiger charge is 2.34. The van der Waals surface area contributed by atoms with Crippen molar-refractivity contribution in [2.45, 2.75) is 71.9 Å². The normalized spacial score (nSPS) is 18.4. The molecule has 2 rings (SSSR count). The minimum Gasteiger partial charge on any atom is -0.445 e. The molecule has 27 heavy (non-hydrogen) atoms. The van der Waals surface area contributed by atoms with E-state index in [0.717, 1.165) is 49.8 Å². The van der Waals surface area contributed by atoms with Crippen molar-refractivity contribution < 1.29 is 14.3 Å². The van der Waals surface area contributed by atoms with Gasteiger partial charge in [-0.3, -0.25) is 4.79 Å². The summed E-state index contributed by atoms with van der Waals surface area (Å²) in [4.78, 5) is 26.9. The van der Waals surface area contributed by atoms with E-state index in [2.05, 4.69) is 13.0 Å². The zero-order valence-corrected chi connectivity index (χ0v) is 16.9. The standard InChI is InChI=1S/C23H33NO3/c1-4-11-22(25)20(6-3)16-19(5-2)21-14-10-15-24(21)23(26)27-17-18-12-8-7-9-13-18/h7-9,12-13,16,19,21H,4-6,10-11,14-15,17H2,1-3H3/b20-16+/t19-,21+/m0/s1. The van der Waals surface area contributed by atoms with Crippen LogP contribution in [0.1, 0.15) is 64.9 Å². The van der Waals surface area contributed by atoms with Gasteiger partial charge in [0.1, 0.15) is 6.61 Å². The summed E-state index contributed by atoms with van der Waals surface area (Å²) in [6.45, 7) is 7.22. The zero-order chi connectivity index (χ0) is 19.6. The van der Waals surface area contributed by atoms with Crippen LogP contribution in [0.3, 0.4) is 0 Å². The van der Waals surface area contributed by atoms with Crippen LogP contribution in [0.4, 0.5) is 4.79 Å². The van der Waals surface area contributed by atoms with Crippen molar-refractivity contribution >= 4 is 11.9 Å². The van der Waals surface area contributed by atoms with Gasteiger partial charge in [-0.15, -0.1) is 0 Å². The first-order chi connectivity index (χ1) is 13.1. The maximum Gasteiger partial charge on any atom is 0.410 e. The van der Waals surface area contributed by atoms with Gasteiger partial charge in [0.15, 0.2) is 5.78 Å². The van der Waals surface area contributed by atoms with Gasteiger partial charge in [0.25, 0.3) is 0 Å². The van der Waals surface area contributed by atoms with E-state index in [0.29, 0.717) is 13.0 Å². The van der Waals surface area contributed by atoms with Crippen LogP contribution in [0.5, 0.6) is 0 Å². The second-order valence-electron chi connectivity index (χ2n) is 7.23. The summed E-state index contributed by atoms with van der Waals surface area (Å²) < 4.78 is 5.55. The summed E-state index contributed by atoms with van der Waals surface area (Å²) >= 11 is 0. The third kappa shape index (κ3) is 5.95. The lowest BCUT2D eigenvalue weighted by atomic mass is 9.90. The summed E-state index contributed by atoms with van der Waals surface area (Å²) in [6, 6.07) is 9.87. The quantitative estimate of drug-likeness (QED) is 0.537. The Morgan fingerprint density at radius 2 is 1.96 bits per heavy atom. The molecule has 2 atom stereocenters. The van der Waals surface area contributed by atoms with Crippen LogP contribution in [-0.2, 0) is 16.1 Å². The van der Waals surface area contributed by atoms with E-state index in [1.54, 1.807) is 0 Å². The Labute approximate surface area is 163 Å². The number of benzene rings is 1. The van der Waals surface area contributed by atoms with E-state index < -0.39 is 0 Å². The number of hydrogen-bond acceptors (Lipinski definition) is 3. The molecule has 4 heteroatoms. The van der Waals surface area contributed by atoms with Crippen molar-refractivity contribution in [2.75, 3.05) is 6.54 Å². The molecule has 1 aliphatic rings. The summed E-state index contributed by atoms with van der Waals surface area (Å²) in [5.41, 5.74) is 1.90. The van der Waals surface area contributed by atoms with Gasteiger partial charge >= 0.3 is 6.09 Å². The second kappa shape index (κ2) is 10.9. The molecular weight excluding hydrogens is 338 g/mol. The Kier molecular flexibility index (Phi) is 8.56. The molecule has 0 N–H and O–H groups in total. The van der Waals surface area contributed by atoms with E-state index in [1.165, 1.54) is 0 Å². The number of ether oxygens (including phenoxy) is 1. The van der Waals surface area contributed by atoms with Gasteiger partial charge < -0.3 is 9.64 Å². The first kappa shape index (κ1) is 21.2. The first-order valence-electron chi connectivity index (χ1n) is 10.3. The van der Waals surface area contributed by atoms with Crippen molar-refractivity contribution in [3.05, 3.63) is 47.5 Å². The van der Waals surface area contributed by atoms with Gasteiger partial charge in [-0.05, 0) is 49.2 Å². The van der Waals surface area contributed by atoms with Gasteiger partial charge in [-0.25, -0.2) is 4.79 Å². The highest BCUT2D eigenvalue weighted by Crippen LogP contribution is 2.29. The summed E-state index contributed by atoms with van der Waals surface area (Å²) in [7, 11) is 0. The molecule has 1 aromatic rings. The van der Waals surface area contributed by atoms with Gasteiger partial charge in [-0.2, -0.15) is 0 Å². The first-order valence-corrected chi connectivity index (χ1v) is 10.3. The molecule has 0 saturated carbocycles. The fourth-order valence-corrected chi connectivity index (χ4v) is 3.82. The van der Waals surface area contributed by atoms with Crippen LogP contribution in [-0.4, -0.2) is 29.4 Å². The van der Waals surface area contributed by atoms with Gasteiger partial charge in [0.2, 0.25) is 0 Å². The lowest BCUT2D eigenvalue weighted by molar-refractivity contribution is -0.115. The molecule has 1 aliphatic heterocycles. The van der Waals surface area contributed by atoms with E-state index >= 15 is 0 Å². The monoisotopic (exact) mass is 371 g/mol. The molecule has 148 valence electrons. The summed E-state index contributed by atoms with van der Waals surface area (Å²) in [5, 5.41) is 0. The number of amides is 1. The molecule has 1 fully saturated rings. The minimum atomic E-state index is -0.244. The van der Waals surface area contributed by atoms with Crippen molar-refractivity contribution in [1.29, 1.82) is 0 Å². The lowest BCUT2D eigenvalue weighted by Gasteiger charge is -2.29. The molecule has 0 unspecified atom stereocenters. The third-order valence-corrected chi connectivity index (χ3v) is 5.34. The van der Waals surface area contributed by atoms with Gasteiger partial charge in [0.05, 0.1) is 0 Å². The van der Waals surface area contributed by atoms with Crippen LogP contribution in [0.25, 0.3) is 0 Å². The number of allylic oxidation sites excluding steroid dienone is 1. The Bertz CT molecular complexity index is 638. The molecule has 1 saturated heterocycles. The molecule has 0 bridgehead atoms. The Balaban J connectivity index is 2.05. The number of nitrogens with zero attached hydrogens (tertiary/aromatic N) is 1. The predicted molar refractivity (Wildman–Crippen MR) is 108 cm³/mol. The number of rotatable bonds is 9. The Morgan fingerprint density at radius 3 is 2.59 bits per heavy atom. The van der Waals surface area contributed by atoms with Gasteiger partial charge in [-0.1, -0.05) is 57.2 Å². The average molecular weight is 372 g/mol. The fraction of sp³-hybridized carbons (Fsp3) is 0.565. The average Bonchev–Trinajstić information content (AvgIpc) is 3.17. The van der Waals surface area contributed by atoms with E-state index in [-0.39, 0.29) is 23.8 Å². The Hall–Kier alpha value is -2.10. The van der Waals surface area contributed by atoms with Crippen molar-refractivity contribution in [1.82, 2.24) is 4.90 Å². The van der Waals surface area contributed by atoms with Crippen molar-refractivity contribution in [3.8, 4) is 0 Å². The molecule has 0 radical (unpaired) electrons. The molecular formula is C23H33NO3. The fourth-order valence-electron chi connectivity index (χ4n) is 3.82. The summed E-state index contributed by atoms with van der Waals surface area (Å²) in [6.07, 6.45) is 6.97. The van der Waals surface area contributed by atoms with Crippen molar-refractivity contribution in [2.24, 2.45) is 5.92 Å². The van der Waals surface area contributed by atoms with E-state index in [1.807, 2.05) is 49.1 Å². The third-order valence-electron chi connectivity index (χ3n) is 5.34. The number of ketones is 1. The topological polar surface area (TPSA) is 46.6 Å². The number of carbonyl (C=O) groups excluding carboxylic acids is 2. The summed E-state index contributed by atoms with van der Waals surface area (Å²) in [5.74, 6) is 0.446. The van der Waals surface area contributed by atoms with E-state index in [9.17, 15) is 9.59 Å². The molecule has 1 heterocycles. The molecule has 0 spiro atoms. The molecule has 1 amide bonds. The number of carbonyl (C=O) groups is 2. The molecule has 4 nitrogen and oxygen atoms in total. The highest BCUT2D eigenvalue weighted by atomic mass is 16.6. The minimum absolute atomic E-state index is 0.120. The van der Waals surface area contributed by atoms with Crippen LogP contribution in [0.15, 0.2) is 42.0 Å². The van der Waals surface area contributed by atoms with Crippen LogP contribution < -0.4 is 0 Å². The lowest BCUT2D eigenvalue weighted by Crippen LogP contribution is -2.40. The number of hydrogen-bond donors (Lipinski definition) is 0. The predicted octanol–water partition coefficient (Wildman–Crippen LogP) is 5.52.